The number of hydrogen-bond donors (Lipinski definition) is 0. The first-order valence-electron chi connectivity index (χ1n) is 7.88. The Hall–Kier alpha value is -1.17. The minimum atomic E-state index is 0. The Morgan fingerprint density at radius 2 is 1.08 bits per heavy atom. The number of benzene rings is 2. The summed E-state index contributed by atoms with van der Waals surface area (Å²) in [4.78, 5) is 0. The summed E-state index contributed by atoms with van der Waals surface area (Å²) in [7, 11) is 0. The van der Waals surface area contributed by atoms with Gasteiger partial charge in [0.2, 0.25) is 0 Å². The number of halogens is 1. The maximum absolute atomic E-state index is 3.25. The normalized spacial score (nSPS) is 9.75. The van der Waals surface area contributed by atoms with Crippen LogP contribution in [0.5, 0.6) is 0 Å². The summed E-state index contributed by atoms with van der Waals surface area (Å²) in [6.45, 7) is 5.00. The van der Waals surface area contributed by atoms with Gasteiger partial charge in [0.1, 0.15) is 0 Å². The standard InChI is InChI=1S/C20H16.C2H5.ClH.Zr/c1-2-6-18-12-15(11-17(18)5-1)9-10-16-13-19-7-3-4-8-20(19)14-16;1-2;;/h1-8,11-14H,9-10H2;1H2,2H3;1H;/q-2;-1;;+4/p-1. The molecule has 4 aromatic carbocycles. The molecule has 4 rings (SSSR count). The van der Waals surface area contributed by atoms with Crippen molar-refractivity contribution in [1.82, 2.24) is 0 Å². The van der Waals surface area contributed by atoms with Gasteiger partial charge in [0.15, 0.2) is 0 Å². The van der Waals surface area contributed by atoms with E-state index in [2.05, 4.69) is 79.7 Å². The predicted molar refractivity (Wildman–Crippen MR) is 97.5 cm³/mol. The van der Waals surface area contributed by atoms with E-state index in [0.29, 0.717) is 0 Å². The zero-order chi connectivity index (χ0) is 15.4. The number of fused-ring (bicyclic) bond motifs is 2. The summed E-state index contributed by atoms with van der Waals surface area (Å²) < 4.78 is 0. The molecule has 0 aliphatic heterocycles. The zero-order valence-corrected chi connectivity index (χ0v) is 17.1. The van der Waals surface area contributed by atoms with Crippen molar-refractivity contribution < 1.29 is 38.6 Å². The minimum Gasteiger partial charge on any atom is -1.00 e. The van der Waals surface area contributed by atoms with E-state index in [-0.39, 0.29) is 38.6 Å². The molecule has 0 N–H and O–H groups in total. The van der Waals surface area contributed by atoms with Crippen LogP contribution in [-0.2, 0) is 39.0 Å². The monoisotopic (exact) mass is 410 g/mol. The van der Waals surface area contributed by atoms with E-state index in [9.17, 15) is 0 Å². The molecule has 0 radical (unpaired) electrons. The summed E-state index contributed by atoms with van der Waals surface area (Å²) >= 11 is 0. The molecule has 4 aromatic rings. The fourth-order valence-electron chi connectivity index (χ4n) is 3.01. The molecule has 0 bridgehead atoms. The molecule has 0 heterocycles. The number of hydrogen-bond acceptors (Lipinski definition) is 0. The minimum absolute atomic E-state index is 0. The zero-order valence-electron chi connectivity index (χ0n) is 13.9. The summed E-state index contributed by atoms with van der Waals surface area (Å²) in [5.74, 6) is 0. The van der Waals surface area contributed by atoms with Crippen LogP contribution in [-0.4, -0.2) is 0 Å². The molecule has 0 saturated carbocycles. The van der Waals surface area contributed by atoms with Gasteiger partial charge in [0.25, 0.3) is 0 Å². The van der Waals surface area contributed by atoms with Crippen LogP contribution in [0.1, 0.15) is 18.1 Å². The van der Waals surface area contributed by atoms with Gasteiger partial charge in [-0.05, 0) is 12.8 Å². The molecule has 0 fully saturated rings. The van der Waals surface area contributed by atoms with Gasteiger partial charge in [-0.25, -0.2) is 0 Å². The van der Waals surface area contributed by atoms with Crippen LogP contribution >= 0.6 is 0 Å². The molecule has 0 amide bonds. The van der Waals surface area contributed by atoms with E-state index in [1.54, 1.807) is 6.92 Å². The van der Waals surface area contributed by atoms with Crippen LogP contribution in [0.25, 0.3) is 21.5 Å². The average molecular weight is 412 g/mol. The molecule has 0 spiro atoms. The van der Waals surface area contributed by atoms with E-state index < -0.39 is 0 Å². The predicted octanol–water partition coefficient (Wildman–Crippen LogP) is 3.06. The van der Waals surface area contributed by atoms with Gasteiger partial charge >= 0.3 is 26.2 Å². The van der Waals surface area contributed by atoms with Crippen molar-refractivity contribution >= 4 is 21.5 Å². The molecule has 0 saturated heterocycles. The first-order chi connectivity index (χ1) is 10.9. The molecule has 0 nitrogen and oxygen atoms in total. The van der Waals surface area contributed by atoms with Crippen molar-refractivity contribution in [2.75, 3.05) is 0 Å². The Kier molecular flexibility index (Phi) is 8.67. The van der Waals surface area contributed by atoms with Gasteiger partial charge < -0.3 is 19.3 Å². The topological polar surface area (TPSA) is 0 Å². The van der Waals surface area contributed by atoms with E-state index in [1.165, 1.54) is 32.7 Å². The fraction of sp³-hybridized carbons (Fsp3) is 0.136. The van der Waals surface area contributed by atoms with Crippen LogP contribution in [0, 0.1) is 6.92 Å². The Bertz CT molecular complexity index is 730. The van der Waals surface area contributed by atoms with Crippen LogP contribution in [0.4, 0.5) is 0 Å². The van der Waals surface area contributed by atoms with E-state index in [0.717, 1.165) is 12.8 Å². The summed E-state index contributed by atoms with van der Waals surface area (Å²) in [5.41, 5.74) is 2.88. The first-order valence-corrected chi connectivity index (χ1v) is 7.88. The fourth-order valence-corrected chi connectivity index (χ4v) is 3.01. The molecule has 2 heteroatoms. The second-order valence-corrected chi connectivity index (χ2v) is 5.49. The first kappa shape index (κ1) is 20.9. The molecule has 0 aliphatic carbocycles. The Balaban J connectivity index is 0.000000695. The van der Waals surface area contributed by atoms with Crippen molar-refractivity contribution in [3.63, 3.8) is 0 Å². The second kappa shape index (κ2) is 9.97. The molecule has 0 atom stereocenters. The van der Waals surface area contributed by atoms with Crippen molar-refractivity contribution in [1.29, 1.82) is 0 Å². The smallest absolute Gasteiger partial charge is 1.00 e. The maximum atomic E-state index is 3.25. The van der Waals surface area contributed by atoms with Crippen molar-refractivity contribution in [3.8, 4) is 0 Å². The molecule has 0 aliphatic rings. The molecule has 120 valence electrons. The third-order valence-electron chi connectivity index (χ3n) is 4.06. The third-order valence-corrected chi connectivity index (χ3v) is 4.06. The summed E-state index contributed by atoms with van der Waals surface area (Å²) in [5, 5.41) is 5.43. The van der Waals surface area contributed by atoms with Crippen LogP contribution in [0.15, 0.2) is 72.8 Å². The Morgan fingerprint density at radius 3 is 1.46 bits per heavy atom. The van der Waals surface area contributed by atoms with Crippen molar-refractivity contribution in [3.05, 3.63) is 90.8 Å². The second-order valence-electron chi connectivity index (χ2n) is 5.49. The van der Waals surface area contributed by atoms with Gasteiger partial charge in [-0.3, -0.25) is 0 Å². The van der Waals surface area contributed by atoms with E-state index >= 15 is 0 Å². The van der Waals surface area contributed by atoms with Gasteiger partial charge in [-0.15, -0.1) is 81.2 Å². The van der Waals surface area contributed by atoms with E-state index in [4.69, 9.17) is 0 Å². The number of aryl methyl sites for hydroxylation is 2. The molecular formula is C22H21ClZr. The Morgan fingerprint density at radius 1 is 0.708 bits per heavy atom. The van der Waals surface area contributed by atoms with E-state index in [1.807, 2.05) is 0 Å². The number of rotatable bonds is 3. The molecule has 24 heavy (non-hydrogen) atoms. The molecule has 0 aromatic heterocycles. The Labute approximate surface area is 170 Å². The van der Waals surface area contributed by atoms with Gasteiger partial charge in [0.05, 0.1) is 0 Å². The SMILES string of the molecule is [CH2-]C.[Cl-].[Zr+4].c1ccc2[cH-]c(CCc3cc4ccccc4[cH-]3)cc2c1. The van der Waals surface area contributed by atoms with Crippen molar-refractivity contribution in [2.24, 2.45) is 0 Å². The van der Waals surface area contributed by atoms with Crippen LogP contribution < -0.4 is 12.4 Å². The van der Waals surface area contributed by atoms with Gasteiger partial charge in [-0.1, -0.05) is 12.1 Å². The van der Waals surface area contributed by atoms with Crippen LogP contribution in [0.3, 0.4) is 0 Å². The summed E-state index contributed by atoms with van der Waals surface area (Å²) in [6, 6.07) is 26.5. The molecule has 0 unspecified atom stereocenters. The maximum Gasteiger partial charge on any atom is 4.00 e. The van der Waals surface area contributed by atoms with Gasteiger partial charge in [0, 0.05) is 0 Å². The third kappa shape index (κ3) is 4.68. The van der Waals surface area contributed by atoms with Gasteiger partial charge in [-0.2, -0.15) is 19.1 Å². The van der Waals surface area contributed by atoms with Crippen molar-refractivity contribution in [2.45, 2.75) is 19.8 Å². The quantitative estimate of drug-likeness (QED) is 0.454. The largest absolute Gasteiger partial charge is 4.00 e. The molecular weight excluding hydrogens is 391 g/mol. The average Bonchev–Trinajstić information content (AvgIpc) is 3.17. The van der Waals surface area contributed by atoms with Crippen LogP contribution in [0.2, 0.25) is 0 Å². The summed E-state index contributed by atoms with van der Waals surface area (Å²) in [6.07, 6.45) is 2.23.